The Morgan fingerprint density at radius 3 is 1.44 bits per heavy atom. The Labute approximate surface area is 316 Å². The van der Waals surface area contributed by atoms with Crippen LogP contribution in [0, 0.1) is 0 Å². The number of rotatable bonds is 3. The summed E-state index contributed by atoms with van der Waals surface area (Å²) in [4.78, 5) is 20.5. The van der Waals surface area contributed by atoms with E-state index in [-0.39, 0.29) is 0 Å². The van der Waals surface area contributed by atoms with Crippen molar-refractivity contribution in [2.45, 2.75) is 6.42 Å². The van der Waals surface area contributed by atoms with Crippen LogP contribution in [-0.4, -0.2) is 19.9 Å². The predicted molar refractivity (Wildman–Crippen MR) is 227 cm³/mol. The highest BCUT2D eigenvalue weighted by Crippen LogP contribution is 2.41. The first-order chi connectivity index (χ1) is 27.2. The van der Waals surface area contributed by atoms with Crippen molar-refractivity contribution in [3.05, 3.63) is 181 Å². The number of fused-ring (bicyclic) bond motifs is 15. The van der Waals surface area contributed by atoms with Crippen LogP contribution in [0.4, 0.5) is 0 Å². The van der Waals surface area contributed by atoms with Gasteiger partial charge in [0.25, 0.3) is 0 Å². The van der Waals surface area contributed by atoms with Gasteiger partial charge in [0.2, 0.25) is 0 Å². The van der Waals surface area contributed by atoms with E-state index in [9.17, 15) is 0 Å². The second-order valence-electron chi connectivity index (χ2n) is 14.6. The zero-order valence-corrected chi connectivity index (χ0v) is 29.7. The number of aromatic nitrogens is 4. The van der Waals surface area contributed by atoms with Crippen molar-refractivity contribution in [1.82, 2.24) is 19.9 Å². The predicted octanol–water partition coefficient (Wildman–Crippen LogP) is 12.8. The summed E-state index contributed by atoms with van der Waals surface area (Å²) in [5.41, 5.74) is 11.1. The average molecular weight is 699 g/mol. The molecule has 0 radical (unpaired) electrons. The third-order valence-corrected chi connectivity index (χ3v) is 11.6. The zero-order chi connectivity index (χ0) is 36.0. The molecule has 4 heteroatoms. The summed E-state index contributed by atoms with van der Waals surface area (Å²) in [5.74, 6) is 1.35. The van der Waals surface area contributed by atoms with Gasteiger partial charge in [-0.05, 0) is 101 Å². The molecule has 0 spiro atoms. The number of hydrogen-bond acceptors (Lipinski definition) is 4. The minimum atomic E-state index is 0.664. The maximum Gasteiger partial charge on any atom is 0.159 e. The van der Waals surface area contributed by atoms with Gasteiger partial charge in [0.1, 0.15) is 11.0 Å². The van der Waals surface area contributed by atoms with Crippen molar-refractivity contribution < 1.29 is 0 Å². The van der Waals surface area contributed by atoms with Crippen LogP contribution in [0.3, 0.4) is 0 Å². The van der Waals surface area contributed by atoms with Gasteiger partial charge in [0.15, 0.2) is 11.6 Å². The van der Waals surface area contributed by atoms with Gasteiger partial charge in [-0.15, -0.1) is 0 Å². The molecular formula is C51H30N4. The highest BCUT2D eigenvalue weighted by molar-refractivity contribution is 6.26. The summed E-state index contributed by atoms with van der Waals surface area (Å²) in [6, 6.07) is 56.5. The Hall–Kier alpha value is -7.30. The second kappa shape index (κ2) is 11.6. The molecule has 12 rings (SSSR count). The van der Waals surface area contributed by atoms with Gasteiger partial charge in [-0.25, -0.2) is 19.9 Å². The van der Waals surface area contributed by atoms with Crippen molar-refractivity contribution in [2.24, 2.45) is 0 Å². The van der Waals surface area contributed by atoms with E-state index in [1.165, 1.54) is 54.6 Å². The van der Waals surface area contributed by atoms with Crippen LogP contribution in [0.25, 0.3) is 110 Å². The first kappa shape index (κ1) is 30.2. The fourth-order valence-corrected chi connectivity index (χ4v) is 8.94. The Kier molecular flexibility index (Phi) is 6.37. The minimum Gasteiger partial charge on any atom is -0.236 e. The number of hydrogen-bond donors (Lipinski definition) is 0. The number of benzene rings is 9. The van der Waals surface area contributed by atoms with Gasteiger partial charge in [-0.1, -0.05) is 140 Å². The molecule has 0 unspecified atom stereocenters. The molecule has 0 aliphatic heterocycles. The van der Waals surface area contributed by atoms with Crippen LogP contribution in [0.5, 0.6) is 0 Å². The van der Waals surface area contributed by atoms with E-state index >= 15 is 0 Å². The second-order valence-corrected chi connectivity index (χ2v) is 14.6. The SMILES string of the molecule is c1cc(-c2ccc3c4ccccc4c4ccccc4c3c2)cc(-c2ncc3c4ccccc4c4cnc(-c5ccc6c(c5)-c5ccccc5C6)nc4c3n2)c1. The van der Waals surface area contributed by atoms with E-state index in [0.29, 0.717) is 11.6 Å². The van der Waals surface area contributed by atoms with Crippen molar-refractivity contribution in [3.63, 3.8) is 0 Å². The Bertz CT molecular complexity index is 3380. The lowest BCUT2D eigenvalue weighted by Crippen LogP contribution is -1.97. The molecule has 254 valence electrons. The quantitative estimate of drug-likeness (QED) is 0.172. The third kappa shape index (κ3) is 4.58. The topological polar surface area (TPSA) is 51.6 Å². The molecule has 0 N–H and O–H groups in total. The van der Waals surface area contributed by atoms with E-state index in [0.717, 1.165) is 61.3 Å². The van der Waals surface area contributed by atoms with Crippen molar-refractivity contribution in [3.8, 4) is 45.0 Å². The lowest BCUT2D eigenvalue weighted by molar-refractivity contribution is 1.21. The zero-order valence-electron chi connectivity index (χ0n) is 29.7. The van der Waals surface area contributed by atoms with Crippen molar-refractivity contribution >= 4 is 64.9 Å². The van der Waals surface area contributed by atoms with Crippen LogP contribution in [0.15, 0.2) is 170 Å². The van der Waals surface area contributed by atoms with Gasteiger partial charge in [-0.2, -0.15) is 0 Å². The van der Waals surface area contributed by atoms with E-state index < -0.39 is 0 Å². The van der Waals surface area contributed by atoms with Gasteiger partial charge < -0.3 is 0 Å². The smallest absolute Gasteiger partial charge is 0.159 e. The molecule has 4 nitrogen and oxygen atoms in total. The van der Waals surface area contributed by atoms with Gasteiger partial charge >= 0.3 is 0 Å². The lowest BCUT2D eigenvalue weighted by atomic mass is 9.92. The maximum atomic E-state index is 5.30. The fourth-order valence-electron chi connectivity index (χ4n) is 8.94. The molecule has 0 fully saturated rings. The first-order valence-electron chi connectivity index (χ1n) is 18.7. The maximum absolute atomic E-state index is 5.30. The summed E-state index contributed by atoms with van der Waals surface area (Å²) in [7, 11) is 0. The van der Waals surface area contributed by atoms with Crippen LogP contribution in [-0.2, 0) is 6.42 Å². The van der Waals surface area contributed by atoms with Crippen LogP contribution in [0.1, 0.15) is 11.1 Å². The molecule has 0 saturated carbocycles. The Balaban J connectivity index is 1.01. The molecule has 1 aliphatic rings. The van der Waals surface area contributed by atoms with Gasteiger partial charge in [-0.3, -0.25) is 0 Å². The Morgan fingerprint density at radius 1 is 0.309 bits per heavy atom. The summed E-state index contributed by atoms with van der Waals surface area (Å²) in [6.07, 6.45) is 4.89. The van der Waals surface area contributed by atoms with E-state index in [1.54, 1.807) is 0 Å². The normalized spacial score (nSPS) is 12.3. The molecule has 55 heavy (non-hydrogen) atoms. The molecule has 0 saturated heterocycles. The van der Waals surface area contributed by atoms with Crippen LogP contribution >= 0.6 is 0 Å². The monoisotopic (exact) mass is 698 g/mol. The van der Waals surface area contributed by atoms with E-state index in [4.69, 9.17) is 19.9 Å². The molecule has 0 atom stereocenters. The summed E-state index contributed by atoms with van der Waals surface area (Å²) in [6.45, 7) is 0. The highest BCUT2D eigenvalue weighted by Gasteiger charge is 2.20. The molecule has 0 bridgehead atoms. The molecule has 2 aromatic heterocycles. The fraction of sp³-hybridized carbons (Fsp3) is 0.0196. The van der Waals surface area contributed by atoms with E-state index in [1.807, 2.05) is 12.4 Å². The summed E-state index contributed by atoms with van der Waals surface area (Å²) in [5, 5.41) is 11.7. The van der Waals surface area contributed by atoms with Crippen molar-refractivity contribution in [1.29, 1.82) is 0 Å². The first-order valence-corrected chi connectivity index (χ1v) is 18.7. The molecule has 9 aromatic carbocycles. The van der Waals surface area contributed by atoms with Crippen LogP contribution in [0.2, 0.25) is 0 Å². The molecule has 2 heterocycles. The minimum absolute atomic E-state index is 0.664. The van der Waals surface area contributed by atoms with E-state index in [2.05, 4.69) is 158 Å². The molecule has 11 aromatic rings. The molecular weight excluding hydrogens is 669 g/mol. The van der Waals surface area contributed by atoms with Crippen molar-refractivity contribution in [2.75, 3.05) is 0 Å². The summed E-state index contributed by atoms with van der Waals surface area (Å²) >= 11 is 0. The molecule has 0 amide bonds. The van der Waals surface area contributed by atoms with Gasteiger partial charge in [0.05, 0.1) is 0 Å². The lowest BCUT2D eigenvalue weighted by Gasteiger charge is -2.13. The molecule has 1 aliphatic carbocycles. The van der Waals surface area contributed by atoms with Gasteiger partial charge in [0, 0.05) is 34.3 Å². The number of nitrogens with zero attached hydrogens (tertiary/aromatic N) is 4. The third-order valence-electron chi connectivity index (χ3n) is 11.6. The standard InChI is InChI=1S/C51H30N4/c1-2-13-36-32(10-1)25-33-20-21-35(27-44(33)36)51-53-29-47-42-19-8-7-18-41(42)46-28-52-50(54-48(46)49(47)55-51)34-12-9-11-30(24-34)31-22-23-43-39-16-4-3-14-37(39)38-15-5-6-17-40(38)45(43)26-31/h1-24,26-29H,25H2. The summed E-state index contributed by atoms with van der Waals surface area (Å²) < 4.78 is 0. The highest BCUT2D eigenvalue weighted by atomic mass is 14.9. The Morgan fingerprint density at radius 2 is 0.782 bits per heavy atom. The van der Waals surface area contributed by atoms with Crippen LogP contribution < -0.4 is 0 Å². The average Bonchev–Trinajstić information content (AvgIpc) is 3.64. The largest absolute Gasteiger partial charge is 0.236 e.